The highest BCUT2D eigenvalue weighted by Gasteiger charge is 2.15. The van der Waals surface area contributed by atoms with Crippen molar-refractivity contribution in [3.05, 3.63) is 23.3 Å². The van der Waals surface area contributed by atoms with Crippen molar-refractivity contribution in [2.75, 3.05) is 39.0 Å². The second-order valence-corrected chi connectivity index (χ2v) is 4.89. The standard InChI is InChI=1S/C16H27N3O2/c1-5-12-10-13(15(21-4)11-14(12)17)16(20)18-8-9-19(6-2)7-3/h10-11H,5-9,17H2,1-4H3,(H,18,20). The molecule has 0 aliphatic carbocycles. The number of rotatable bonds is 8. The van der Waals surface area contributed by atoms with Gasteiger partial charge in [0, 0.05) is 24.8 Å². The second kappa shape index (κ2) is 8.52. The van der Waals surface area contributed by atoms with Gasteiger partial charge in [-0.2, -0.15) is 0 Å². The van der Waals surface area contributed by atoms with Crippen LogP contribution in [0.5, 0.6) is 5.75 Å². The number of likely N-dealkylation sites (N-methyl/N-ethyl adjacent to an activating group) is 1. The molecule has 0 radical (unpaired) electrons. The fraction of sp³-hybridized carbons (Fsp3) is 0.562. The molecule has 21 heavy (non-hydrogen) atoms. The Morgan fingerprint density at radius 2 is 1.95 bits per heavy atom. The van der Waals surface area contributed by atoms with Crippen LogP contribution >= 0.6 is 0 Å². The summed E-state index contributed by atoms with van der Waals surface area (Å²) in [5.41, 5.74) is 8.10. The Bertz CT molecular complexity index is 471. The number of ether oxygens (including phenoxy) is 1. The minimum Gasteiger partial charge on any atom is -0.496 e. The lowest BCUT2D eigenvalue weighted by Crippen LogP contribution is -2.35. The molecule has 1 amide bonds. The second-order valence-electron chi connectivity index (χ2n) is 4.89. The summed E-state index contributed by atoms with van der Waals surface area (Å²) in [5, 5.41) is 2.94. The monoisotopic (exact) mass is 293 g/mol. The first kappa shape index (κ1) is 17.3. The molecule has 5 nitrogen and oxygen atoms in total. The number of hydrogen-bond donors (Lipinski definition) is 2. The number of nitrogens with zero attached hydrogens (tertiary/aromatic N) is 1. The highest BCUT2D eigenvalue weighted by molar-refractivity contribution is 5.97. The Morgan fingerprint density at radius 3 is 2.48 bits per heavy atom. The quantitative estimate of drug-likeness (QED) is 0.719. The number of nitrogens with one attached hydrogen (secondary N) is 1. The van der Waals surface area contributed by atoms with Gasteiger partial charge in [-0.15, -0.1) is 0 Å². The lowest BCUT2D eigenvalue weighted by molar-refractivity contribution is 0.0946. The van der Waals surface area contributed by atoms with Gasteiger partial charge >= 0.3 is 0 Å². The van der Waals surface area contributed by atoms with Gasteiger partial charge in [0.15, 0.2) is 0 Å². The molecule has 1 rings (SSSR count). The van der Waals surface area contributed by atoms with E-state index < -0.39 is 0 Å². The van der Waals surface area contributed by atoms with Crippen molar-refractivity contribution in [1.29, 1.82) is 0 Å². The lowest BCUT2D eigenvalue weighted by Gasteiger charge is -2.18. The molecule has 0 fully saturated rings. The molecule has 0 spiro atoms. The molecule has 0 heterocycles. The largest absolute Gasteiger partial charge is 0.496 e. The number of carbonyl (C=O) groups excluding carboxylic acids is 1. The predicted octanol–water partition coefficient (Wildman–Crippen LogP) is 1.91. The van der Waals surface area contributed by atoms with Crippen LogP contribution in [0.4, 0.5) is 5.69 Å². The molecule has 0 aromatic heterocycles. The molecule has 1 aromatic carbocycles. The Kier molecular flexibility index (Phi) is 7.02. The van der Waals surface area contributed by atoms with Crippen LogP contribution in [-0.4, -0.2) is 44.1 Å². The van der Waals surface area contributed by atoms with E-state index >= 15 is 0 Å². The molecular weight excluding hydrogens is 266 g/mol. The maximum atomic E-state index is 12.3. The Morgan fingerprint density at radius 1 is 1.29 bits per heavy atom. The van der Waals surface area contributed by atoms with Crippen LogP contribution in [0.3, 0.4) is 0 Å². The average Bonchev–Trinajstić information content (AvgIpc) is 2.50. The first-order chi connectivity index (χ1) is 10.1. The van der Waals surface area contributed by atoms with Gasteiger partial charge in [-0.25, -0.2) is 0 Å². The lowest BCUT2D eigenvalue weighted by atomic mass is 10.0. The van der Waals surface area contributed by atoms with Crippen LogP contribution in [0.1, 0.15) is 36.7 Å². The highest BCUT2D eigenvalue weighted by atomic mass is 16.5. The van der Waals surface area contributed by atoms with E-state index in [0.29, 0.717) is 23.5 Å². The van der Waals surface area contributed by atoms with Gasteiger partial charge in [0.2, 0.25) is 0 Å². The van der Waals surface area contributed by atoms with Crippen LogP contribution < -0.4 is 15.8 Å². The van der Waals surface area contributed by atoms with Crippen molar-refractivity contribution >= 4 is 11.6 Å². The van der Waals surface area contributed by atoms with Crippen molar-refractivity contribution in [2.45, 2.75) is 27.2 Å². The summed E-state index contributed by atoms with van der Waals surface area (Å²) in [6, 6.07) is 3.54. The zero-order chi connectivity index (χ0) is 15.8. The summed E-state index contributed by atoms with van der Waals surface area (Å²) in [5.74, 6) is 0.402. The molecule has 0 bridgehead atoms. The molecule has 0 saturated carbocycles. The van der Waals surface area contributed by atoms with Gasteiger partial charge in [0.1, 0.15) is 5.75 Å². The maximum absolute atomic E-state index is 12.3. The third kappa shape index (κ3) is 4.63. The molecule has 0 aliphatic heterocycles. The number of carbonyl (C=O) groups is 1. The van der Waals surface area contributed by atoms with E-state index in [9.17, 15) is 4.79 Å². The normalized spacial score (nSPS) is 10.7. The third-order valence-corrected chi connectivity index (χ3v) is 3.69. The van der Waals surface area contributed by atoms with Crippen molar-refractivity contribution in [2.24, 2.45) is 0 Å². The van der Waals surface area contributed by atoms with E-state index in [-0.39, 0.29) is 5.91 Å². The number of nitrogens with two attached hydrogens (primary N) is 1. The summed E-state index contributed by atoms with van der Waals surface area (Å²) in [7, 11) is 1.55. The smallest absolute Gasteiger partial charge is 0.255 e. The molecule has 0 unspecified atom stereocenters. The molecule has 0 atom stereocenters. The number of nitrogen functional groups attached to an aromatic ring is 1. The van der Waals surface area contributed by atoms with Crippen molar-refractivity contribution < 1.29 is 9.53 Å². The number of anilines is 1. The SMILES string of the molecule is CCc1cc(C(=O)NCCN(CC)CC)c(OC)cc1N. The summed E-state index contributed by atoms with van der Waals surface area (Å²) in [4.78, 5) is 14.6. The highest BCUT2D eigenvalue weighted by Crippen LogP contribution is 2.25. The molecule has 0 saturated heterocycles. The van der Waals surface area contributed by atoms with Crippen LogP contribution in [0.2, 0.25) is 0 Å². The van der Waals surface area contributed by atoms with Crippen molar-refractivity contribution in [3.8, 4) is 5.75 Å². The van der Waals surface area contributed by atoms with Gasteiger partial charge in [-0.3, -0.25) is 4.79 Å². The minimum absolute atomic E-state index is 0.117. The molecular formula is C16H27N3O2. The summed E-state index contributed by atoms with van der Waals surface area (Å²) in [6.07, 6.45) is 0.787. The third-order valence-electron chi connectivity index (χ3n) is 3.69. The molecule has 5 heteroatoms. The minimum atomic E-state index is -0.117. The molecule has 3 N–H and O–H groups in total. The van der Waals surface area contributed by atoms with E-state index in [4.69, 9.17) is 10.5 Å². The first-order valence-electron chi connectivity index (χ1n) is 7.54. The number of benzene rings is 1. The fourth-order valence-electron chi connectivity index (χ4n) is 2.26. The van der Waals surface area contributed by atoms with Crippen molar-refractivity contribution in [3.63, 3.8) is 0 Å². The van der Waals surface area contributed by atoms with E-state index in [1.807, 2.05) is 13.0 Å². The van der Waals surface area contributed by atoms with Gasteiger partial charge in [-0.05, 0) is 31.1 Å². The zero-order valence-electron chi connectivity index (χ0n) is 13.5. The van der Waals surface area contributed by atoms with E-state index in [1.54, 1.807) is 13.2 Å². The van der Waals surface area contributed by atoms with E-state index in [1.165, 1.54) is 0 Å². The number of hydrogen-bond acceptors (Lipinski definition) is 4. The van der Waals surface area contributed by atoms with Crippen molar-refractivity contribution in [1.82, 2.24) is 10.2 Å². The predicted molar refractivity (Wildman–Crippen MR) is 86.9 cm³/mol. The molecule has 0 aliphatic rings. The van der Waals surface area contributed by atoms with E-state index in [0.717, 1.165) is 31.6 Å². The number of amides is 1. The fourth-order valence-corrected chi connectivity index (χ4v) is 2.26. The summed E-state index contributed by atoms with van der Waals surface area (Å²) < 4.78 is 5.27. The van der Waals surface area contributed by atoms with Crippen LogP contribution in [0.15, 0.2) is 12.1 Å². The van der Waals surface area contributed by atoms with Gasteiger partial charge < -0.3 is 20.7 Å². The van der Waals surface area contributed by atoms with Crippen LogP contribution in [0.25, 0.3) is 0 Å². The van der Waals surface area contributed by atoms with Gasteiger partial charge in [-0.1, -0.05) is 20.8 Å². The summed E-state index contributed by atoms with van der Waals surface area (Å²) >= 11 is 0. The van der Waals surface area contributed by atoms with E-state index in [2.05, 4.69) is 24.1 Å². The number of methoxy groups -OCH3 is 1. The number of aryl methyl sites for hydroxylation is 1. The topological polar surface area (TPSA) is 67.6 Å². The molecule has 1 aromatic rings. The first-order valence-corrected chi connectivity index (χ1v) is 7.54. The maximum Gasteiger partial charge on any atom is 0.255 e. The van der Waals surface area contributed by atoms with Crippen LogP contribution in [0, 0.1) is 0 Å². The Labute approximate surface area is 127 Å². The Balaban J connectivity index is 2.77. The summed E-state index contributed by atoms with van der Waals surface area (Å²) in [6.45, 7) is 9.67. The van der Waals surface area contributed by atoms with Gasteiger partial charge in [0.05, 0.1) is 12.7 Å². The molecule has 118 valence electrons. The average molecular weight is 293 g/mol. The van der Waals surface area contributed by atoms with Crippen LogP contribution in [-0.2, 0) is 6.42 Å². The zero-order valence-corrected chi connectivity index (χ0v) is 13.5. The van der Waals surface area contributed by atoms with Gasteiger partial charge in [0.25, 0.3) is 5.91 Å². The Hall–Kier alpha value is -1.75.